The van der Waals surface area contributed by atoms with Crippen molar-refractivity contribution in [1.82, 2.24) is 5.32 Å². The molecule has 3 amide bonds. The van der Waals surface area contributed by atoms with Crippen LogP contribution >= 0.6 is 0 Å². The van der Waals surface area contributed by atoms with Crippen molar-refractivity contribution in [2.24, 2.45) is 0 Å². The first-order chi connectivity index (χ1) is 12.0. The molecule has 7 heteroatoms. The largest absolute Gasteiger partial charge is 0.326 e. The fourth-order valence-corrected chi connectivity index (χ4v) is 2.75. The number of hydrogen-bond acceptors (Lipinski definition) is 2. The van der Waals surface area contributed by atoms with Gasteiger partial charge in [0.25, 0.3) is 0 Å². The lowest BCUT2D eigenvalue weighted by Gasteiger charge is -2.18. The average molecular weight is 345 g/mol. The molecule has 3 rings (SSSR count). The minimum absolute atomic E-state index is 0.0384. The Bertz CT molecular complexity index is 826. The van der Waals surface area contributed by atoms with Crippen molar-refractivity contribution in [2.45, 2.75) is 19.4 Å². The number of amides is 3. The molecule has 25 heavy (non-hydrogen) atoms. The van der Waals surface area contributed by atoms with Crippen molar-refractivity contribution in [3.63, 3.8) is 0 Å². The first-order valence-electron chi connectivity index (χ1n) is 7.85. The number of carbonyl (C=O) groups is 2. The minimum Gasteiger partial charge on any atom is -0.326 e. The first-order valence-corrected chi connectivity index (χ1v) is 7.85. The van der Waals surface area contributed by atoms with Gasteiger partial charge >= 0.3 is 6.03 Å². The van der Waals surface area contributed by atoms with Gasteiger partial charge in [-0.2, -0.15) is 0 Å². The minimum atomic E-state index is -0.711. The zero-order valence-electron chi connectivity index (χ0n) is 13.6. The molecule has 0 aliphatic carbocycles. The van der Waals surface area contributed by atoms with E-state index in [2.05, 4.69) is 10.6 Å². The third-order valence-corrected chi connectivity index (χ3v) is 4.09. The Morgan fingerprint density at radius 3 is 2.64 bits per heavy atom. The van der Waals surface area contributed by atoms with Crippen molar-refractivity contribution in [3.05, 3.63) is 59.7 Å². The highest BCUT2D eigenvalue weighted by Crippen LogP contribution is 2.24. The van der Waals surface area contributed by atoms with E-state index in [4.69, 9.17) is 0 Å². The molecular formula is C18H17F2N3O2. The summed E-state index contributed by atoms with van der Waals surface area (Å²) >= 11 is 0. The molecule has 0 saturated carbocycles. The number of rotatable bonds is 3. The number of benzene rings is 2. The number of urea groups is 1. The number of aryl methyl sites for hydroxylation is 1. The van der Waals surface area contributed by atoms with Crippen molar-refractivity contribution >= 4 is 23.3 Å². The Morgan fingerprint density at radius 2 is 1.92 bits per heavy atom. The summed E-state index contributed by atoms with van der Waals surface area (Å²) in [6.45, 7) is 2.03. The number of hydrogen-bond donors (Lipinski definition) is 2. The van der Waals surface area contributed by atoms with Crippen LogP contribution in [-0.2, 0) is 4.79 Å². The van der Waals surface area contributed by atoms with Crippen LogP contribution in [0, 0.1) is 18.6 Å². The number of carbonyl (C=O) groups excluding carboxylic acids is 2. The fraction of sp³-hybridized carbons (Fsp3) is 0.222. The van der Waals surface area contributed by atoms with Crippen molar-refractivity contribution in [1.29, 1.82) is 0 Å². The fourth-order valence-electron chi connectivity index (χ4n) is 2.75. The van der Waals surface area contributed by atoms with Crippen LogP contribution in [0.2, 0.25) is 0 Å². The molecule has 0 radical (unpaired) electrons. The zero-order chi connectivity index (χ0) is 18.0. The van der Waals surface area contributed by atoms with Crippen LogP contribution in [0.15, 0.2) is 42.5 Å². The molecule has 2 aromatic rings. The Labute approximate surface area is 143 Å². The van der Waals surface area contributed by atoms with E-state index in [0.29, 0.717) is 24.2 Å². The molecular weight excluding hydrogens is 328 g/mol. The highest BCUT2D eigenvalue weighted by Gasteiger charge is 2.33. The topological polar surface area (TPSA) is 61.4 Å². The van der Waals surface area contributed by atoms with E-state index in [1.807, 2.05) is 0 Å². The Balaban J connectivity index is 1.65. The lowest BCUT2D eigenvalue weighted by Crippen LogP contribution is -2.43. The van der Waals surface area contributed by atoms with Gasteiger partial charge < -0.3 is 15.5 Å². The summed E-state index contributed by atoms with van der Waals surface area (Å²) in [6, 6.07) is 8.84. The first kappa shape index (κ1) is 16.9. The van der Waals surface area contributed by atoms with Crippen LogP contribution in [0.1, 0.15) is 12.0 Å². The van der Waals surface area contributed by atoms with Gasteiger partial charge in [-0.1, -0.05) is 12.1 Å². The highest BCUT2D eigenvalue weighted by molar-refractivity contribution is 6.02. The molecule has 1 fully saturated rings. The van der Waals surface area contributed by atoms with Gasteiger partial charge in [0.1, 0.15) is 17.7 Å². The van der Waals surface area contributed by atoms with Crippen LogP contribution in [0.4, 0.5) is 25.0 Å². The smallest absolute Gasteiger partial charge is 0.319 e. The van der Waals surface area contributed by atoms with Gasteiger partial charge in [0.2, 0.25) is 5.91 Å². The molecule has 0 unspecified atom stereocenters. The van der Waals surface area contributed by atoms with E-state index in [-0.39, 0.29) is 17.4 Å². The van der Waals surface area contributed by atoms with Crippen LogP contribution in [0.25, 0.3) is 0 Å². The van der Waals surface area contributed by atoms with Crippen LogP contribution < -0.4 is 15.5 Å². The van der Waals surface area contributed by atoms with Gasteiger partial charge in [-0.3, -0.25) is 4.79 Å². The van der Waals surface area contributed by atoms with E-state index in [9.17, 15) is 18.4 Å². The maximum Gasteiger partial charge on any atom is 0.319 e. The molecule has 0 bridgehead atoms. The van der Waals surface area contributed by atoms with Gasteiger partial charge in [0, 0.05) is 12.2 Å². The molecule has 0 spiro atoms. The number of nitrogens with one attached hydrogen (secondary N) is 2. The predicted octanol–water partition coefficient (Wildman–Crippen LogP) is 3.20. The average Bonchev–Trinajstić information content (AvgIpc) is 2.93. The van der Waals surface area contributed by atoms with Crippen molar-refractivity contribution in [3.8, 4) is 0 Å². The summed E-state index contributed by atoms with van der Waals surface area (Å²) in [6.07, 6.45) is 0.417. The molecule has 2 aromatic carbocycles. The highest BCUT2D eigenvalue weighted by atomic mass is 19.1. The van der Waals surface area contributed by atoms with Gasteiger partial charge in [-0.05, 0) is 49.2 Å². The normalized spacial score (nSPS) is 16.8. The van der Waals surface area contributed by atoms with E-state index in [1.165, 1.54) is 35.2 Å². The van der Waals surface area contributed by atoms with E-state index >= 15 is 0 Å². The maximum absolute atomic E-state index is 13.5. The Hall–Kier alpha value is -2.96. The Kier molecular flexibility index (Phi) is 4.65. The lowest BCUT2D eigenvalue weighted by molar-refractivity contribution is -0.118. The van der Waals surface area contributed by atoms with Crippen LogP contribution in [0.5, 0.6) is 0 Å². The van der Waals surface area contributed by atoms with E-state index < -0.39 is 17.9 Å². The van der Waals surface area contributed by atoms with Gasteiger partial charge in [-0.15, -0.1) is 0 Å². The summed E-state index contributed by atoms with van der Waals surface area (Å²) in [7, 11) is 0. The van der Waals surface area contributed by atoms with Gasteiger partial charge in [0.05, 0.1) is 5.69 Å². The summed E-state index contributed by atoms with van der Waals surface area (Å²) < 4.78 is 26.9. The summed E-state index contributed by atoms with van der Waals surface area (Å²) in [5.74, 6) is -1.18. The zero-order valence-corrected chi connectivity index (χ0v) is 13.6. The molecule has 2 N–H and O–H groups in total. The summed E-state index contributed by atoms with van der Waals surface area (Å²) in [5, 5.41) is 4.93. The summed E-state index contributed by atoms with van der Waals surface area (Å²) in [4.78, 5) is 26.0. The molecule has 0 aromatic heterocycles. The lowest BCUT2D eigenvalue weighted by atomic mass is 10.2. The predicted molar refractivity (Wildman–Crippen MR) is 90.4 cm³/mol. The molecule has 1 atom stereocenters. The Morgan fingerprint density at radius 1 is 1.16 bits per heavy atom. The van der Waals surface area contributed by atoms with Crippen molar-refractivity contribution < 1.29 is 18.4 Å². The van der Waals surface area contributed by atoms with E-state index in [1.54, 1.807) is 19.1 Å². The number of para-hydroxylation sites is 1. The molecule has 1 saturated heterocycles. The SMILES string of the molecule is Cc1cc(N2CC[C@H](NC(=O)Nc3ccccc3F)C2=O)ccc1F. The molecule has 1 aliphatic rings. The van der Waals surface area contributed by atoms with Gasteiger partial charge in [-0.25, -0.2) is 13.6 Å². The molecule has 5 nitrogen and oxygen atoms in total. The quantitative estimate of drug-likeness (QED) is 0.897. The number of nitrogens with zero attached hydrogens (tertiary/aromatic N) is 1. The van der Waals surface area contributed by atoms with Crippen molar-refractivity contribution in [2.75, 3.05) is 16.8 Å². The monoisotopic (exact) mass is 345 g/mol. The van der Waals surface area contributed by atoms with Crippen LogP contribution in [0.3, 0.4) is 0 Å². The molecule has 1 heterocycles. The molecule has 130 valence electrons. The number of halogens is 2. The van der Waals surface area contributed by atoms with Crippen LogP contribution in [-0.4, -0.2) is 24.5 Å². The third kappa shape index (κ3) is 3.60. The van der Waals surface area contributed by atoms with E-state index in [0.717, 1.165) is 0 Å². The summed E-state index contributed by atoms with van der Waals surface area (Å²) in [5.41, 5.74) is 1.07. The third-order valence-electron chi connectivity index (χ3n) is 4.09. The second-order valence-corrected chi connectivity index (χ2v) is 5.84. The maximum atomic E-state index is 13.5. The molecule has 1 aliphatic heterocycles. The standard InChI is InChI=1S/C18H17F2N3O2/c1-11-10-12(6-7-13(11)19)23-9-8-16(17(23)24)22-18(25)21-15-5-3-2-4-14(15)20/h2-7,10,16H,8-9H2,1H3,(H2,21,22,25)/t16-/m0/s1. The van der Waals surface area contributed by atoms with Gasteiger partial charge in [0.15, 0.2) is 0 Å². The number of anilines is 2. The second-order valence-electron chi connectivity index (χ2n) is 5.84. The second kappa shape index (κ2) is 6.88.